The minimum absolute atomic E-state index is 0.159. The van der Waals surface area contributed by atoms with Gasteiger partial charge < -0.3 is 4.74 Å². The summed E-state index contributed by atoms with van der Waals surface area (Å²) in [6.45, 7) is 1.27. The maximum Gasteiger partial charge on any atom is 0.573 e. The number of ketones is 1. The van der Waals surface area contributed by atoms with Crippen molar-refractivity contribution in [2.24, 2.45) is 0 Å². The fourth-order valence-electron chi connectivity index (χ4n) is 0.966. The molecule has 88 valence electrons. The Hall–Kier alpha value is -0.310. The van der Waals surface area contributed by atoms with Gasteiger partial charge in [0, 0.05) is 10.0 Å². The third-order valence-corrected chi connectivity index (χ3v) is 4.11. The first-order valence-electron chi connectivity index (χ1n) is 3.96. The van der Waals surface area contributed by atoms with E-state index in [9.17, 15) is 18.0 Å². The van der Waals surface area contributed by atoms with Crippen molar-refractivity contribution >= 4 is 44.3 Å². The lowest BCUT2D eigenvalue weighted by Crippen LogP contribution is -2.18. The molecule has 0 aliphatic rings. The van der Waals surface area contributed by atoms with E-state index < -0.39 is 6.36 Å². The second kappa shape index (κ2) is 4.91. The largest absolute Gasteiger partial charge is 0.573 e. The summed E-state index contributed by atoms with van der Waals surface area (Å²) < 4.78 is 40.6. The van der Waals surface area contributed by atoms with Gasteiger partial charge in [-0.15, -0.1) is 13.2 Å². The van der Waals surface area contributed by atoms with E-state index in [-0.39, 0.29) is 20.7 Å². The molecule has 1 aromatic carbocycles. The number of hydrogen-bond donors (Lipinski definition) is 0. The molecule has 0 bridgehead atoms. The number of Topliss-reactive ketones (excluding diaryl/α,β-unsaturated/α-hetero) is 1. The Morgan fingerprint density at radius 1 is 1.44 bits per heavy atom. The minimum atomic E-state index is -4.77. The zero-order valence-electron chi connectivity index (χ0n) is 7.86. The van der Waals surface area contributed by atoms with Crippen LogP contribution < -0.4 is 4.74 Å². The quantitative estimate of drug-likeness (QED) is 0.542. The molecule has 0 aliphatic heterocycles. The summed E-state index contributed by atoms with van der Waals surface area (Å²) >= 11 is 4.77. The molecule has 0 spiro atoms. The van der Waals surface area contributed by atoms with Gasteiger partial charge in [-0.1, -0.05) is 0 Å². The van der Waals surface area contributed by atoms with Gasteiger partial charge in [0.25, 0.3) is 0 Å². The van der Waals surface area contributed by atoms with Crippen molar-refractivity contribution in [2.45, 2.75) is 13.3 Å². The van der Waals surface area contributed by atoms with Crippen LogP contribution in [-0.4, -0.2) is 12.1 Å². The number of ether oxygens (including phenoxy) is 1. The van der Waals surface area contributed by atoms with E-state index in [1.807, 2.05) is 0 Å². The lowest BCUT2D eigenvalue weighted by molar-refractivity contribution is -0.275. The second-order valence-electron chi connectivity index (χ2n) is 2.87. The molecule has 0 fully saturated rings. The molecular formula is C9H5BrF3IO2. The van der Waals surface area contributed by atoms with Crippen molar-refractivity contribution in [3.8, 4) is 5.75 Å². The number of carbonyl (C=O) groups is 1. The van der Waals surface area contributed by atoms with Gasteiger partial charge in [-0.3, -0.25) is 4.79 Å². The number of hydrogen-bond acceptors (Lipinski definition) is 2. The number of halogens is 5. The second-order valence-corrected chi connectivity index (χ2v) is 4.81. The van der Waals surface area contributed by atoms with Crippen LogP contribution in [0.15, 0.2) is 16.6 Å². The highest BCUT2D eigenvalue weighted by atomic mass is 127. The molecule has 16 heavy (non-hydrogen) atoms. The van der Waals surface area contributed by atoms with E-state index >= 15 is 0 Å². The van der Waals surface area contributed by atoms with Crippen LogP contribution in [0.4, 0.5) is 13.2 Å². The number of benzene rings is 1. The SMILES string of the molecule is CC(=O)c1cc(Br)c(I)c(OC(F)(F)F)c1. The molecule has 0 aromatic heterocycles. The third kappa shape index (κ3) is 3.62. The minimum Gasteiger partial charge on any atom is -0.405 e. The van der Waals surface area contributed by atoms with Gasteiger partial charge in [0.05, 0.1) is 3.57 Å². The first-order valence-corrected chi connectivity index (χ1v) is 5.83. The average Bonchev–Trinajstić information content (AvgIpc) is 2.10. The van der Waals surface area contributed by atoms with Crippen LogP contribution >= 0.6 is 38.5 Å². The van der Waals surface area contributed by atoms with Gasteiger partial charge >= 0.3 is 6.36 Å². The lowest BCUT2D eigenvalue weighted by Gasteiger charge is -2.12. The first-order chi connectivity index (χ1) is 7.20. The number of rotatable bonds is 2. The first kappa shape index (κ1) is 13.8. The van der Waals surface area contributed by atoms with E-state index in [2.05, 4.69) is 20.7 Å². The summed E-state index contributed by atoms with van der Waals surface area (Å²) in [4.78, 5) is 11.1. The summed E-state index contributed by atoms with van der Waals surface area (Å²) in [5, 5.41) is 0. The van der Waals surface area contributed by atoms with E-state index in [0.717, 1.165) is 6.07 Å². The van der Waals surface area contributed by atoms with Crippen molar-refractivity contribution in [3.05, 3.63) is 25.7 Å². The molecule has 0 saturated heterocycles. The standard InChI is InChI=1S/C9H5BrF3IO2/c1-4(15)5-2-6(10)8(14)7(3-5)16-9(11,12)13/h2-3H,1H3. The van der Waals surface area contributed by atoms with Crippen molar-refractivity contribution < 1.29 is 22.7 Å². The smallest absolute Gasteiger partial charge is 0.405 e. The van der Waals surface area contributed by atoms with Gasteiger partial charge in [-0.05, 0) is 57.6 Å². The molecule has 0 heterocycles. The Morgan fingerprint density at radius 2 is 2.00 bits per heavy atom. The Morgan fingerprint density at radius 3 is 2.44 bits per heavy atom. The van der Waals surface area contributed by atoms with E-state index in [1.54, 1.807) is 22.6 Å². The molecule has 0 aliphatic carbocycles. The molecule has 1 aromatic rings. The van der Waals surface area contributed by atoms with Gasteiger partial charge in [-0.2, -0.15) is 0 Å². The third-order valence-electron chi connectivity index (χ3n) is 1.63. The summed E-state index contributed by atoms with van der Waals surface area (Å²) in [6.07, 6.45) is -4.77. The van der Waals surface area contributed by atoms with Gasteiger partial charge in [-0.25, -0.2) is 0 Å². The molecule has 7 heteroatoms. The highest BCUT2D eigenvalue weighted by Gasteiger charge is 2.32. The van der Waals surface area contributed by atoms with Crippen LogP contribution in [0.3, 0.4) is 0 Å². The van der Waals surface area contributed by atoms with Crippen LogP contribution in [0.25, 0.3) is 0 Å². The Balaban J connectivity index is 3.22. The van der Waals surface area contributed by atoms with Crippen LogP contribution in [-0.2, 0) is 0 Å². The molecule has 0 atom stereocenters. The molecular weight excluding hydrogens is 404 g/mol. The maximum atomic E-state index is 12.1. The maximum absolute atomic E-state index is 12.1. The predicted octanol–water partition coefficient (Wildman–Crippen LogP) is 4.15. The Kier molecular flexibility index (Phi) is 4.22. The van der Waals surface area contributed by atoms with Crippen LogP contribution in [0, 0.1) is 3.57 Å². The highest BCUT2D eigenvalue weighted by Crippen LogP contribution is 2.33. The molecule has 0 saturated carbocycles. The predicted molar refractivity (Wildman–Crippen MR) is 63.5 cm³/mol. The molecule has 2 nitrogen and oxygen atoms in total. The normalized spacial score (nSPS) is 11.4. The van der Waals surface area contributed by atoms with Crippen molar-refractivity contribution in [2.75, 3.05) is 0 Å². The van der Waals surface area contributed by atoms with Crippen molar-refractivity contribution in [1.82, 2.24) is 0 Å². The highest BCUT2D eigenvalue weighted by molar-refractivity contribution is 14.1. The van der Waals surface area contributed by atoms with E-state index in [0.29, 0.717) is 4.47 Å². The van der Waals surface area contributed by atoms with E-state index in [1.165, 1.54) is 13.0 Å². The summed E-state index contributed by atoms with van der Waals surface area (Å²) in [5.74, 6) is -0.711. The molecule has 0 unspecified atom stereocenters. The monoisotopic (exact) mass is 408 g/mol. The van der Waals surface area contributed by atoms with Gasteiger partial charge in [0.1, 0.15) is 5.75 Å². The van der Waals surface area contributed by atoms with Crippen LogP contribution in [0.2, 0.25) is 0 Å². The van der Waals surface area contributed by atoms with Gasteiger partial charge in [0.2, 0.25) is 0 Å². The Bertz CT molecular complexity index is 431. The van der Waals surface area contributed by atoms with Crippen LogP contribution in [0.1, 0.15) is 17.3 Å². The number of alkyl halides is 3. The molecule has 0 N–H and O–H groups in total. The fourth-order valence-corrected chi connectivity index (χ4v) is 1.83. The van der Waals surface area contributed by atoms with Crippen molar-refractivity contribution in [1.29, 1.82) is 0 Å². The zero-order chi connectivity index (χ0) is 12.5. The Labute approximate surface area is 111 Å². The summed E-state index contributed by atoms with van der Waals surface area (Å²) in [7, 11) is 0. The number of carbonyl (C=O) groups excluding carboxylic acids is 1. The fraction of sp³-hybridized carbons (Fsp3) is 0.222. The topological polar surface area (TPSA) is 26.3 Å². The van der Waals surface area contributed by atoms with Crippen LogP contribution in [0.5, 0.6) is 5.75 Å². The van der Waals surface area contributed by atoms with Gasteiger partial charge in [0.15, 0.2) is 5.78 Å². The molecule has 0 amide bonds. The average molecular weight is 409 g/mol. The molecule has 0 radical (unpaired) electrons. The summed E-state index contributed by atoms with van der Waals surface area (Å²) in [6, 6.07) is 2.52. The summed E-state index contributed by atoms with van der Waals surface area (Å²) in [5.41, 5.74) is 0.159. The van der Waals surface area contributed by atoms with Crippen molar-refractivity contribution in [3.63, 3.8) is 0 Å². The van der Waals surface area contributed by atoms with E-state index in [4.69, 9.17) is 0 Å². The lowest BCUT2D eigenvalue weighted by atomic mass is 10.1. The zero-order valence-corrected chi connectivity index (χ0v) is 11.6. The molecule has 1 rings (SSSR count).